The summed E-state index contributed by atoms with van der Waals surface area (Å²) in [4.78, 5) is 2.19. The Morgan fingerprint density at radius 3 is 2.76 bits per heavy atom. The third kappa shape index (κ3) is 3.28. The van der Waals surface area contributed by atoms with Crippen molar-refractivity contribution < 1.29 is 8.91 Å². The van der Waals surface area contributed by atoms with Gasteiger partial charge in [0.2, 0.25) is 0 Å². The molecule has 21 heavy (non-hydrogen) atoms. The Balaban J connectivity index is 1.65. The van der Waals surface area contributed by atoms with Crippen LogP contribution < -0.4 is 0 Å². The van der Waals surface area contributed by atoms with Crippen LogP contribution in [0, 0.1) is 5.82 Å². The second-order valence-electron chi connectivity index (χ2n) is 5.24. The Morgan fingerprint density at radius 2 is 1.95 bits per heavy atom. The smallest absolute Gasteiger partial charge is 0.170 e. The number of halogens is 1. The molecule has 0 aliphatic rings. The molecule has 0 saturated heterocycles. The lowest BCUT2D eigenvalue weighted by Gasteiger charge is -2.15. The molecule has 0 radical (unpaired) electrons. The van der Waals surface area contributed by atoms with E-state index in [0.717, 1.165) is 24.0 Å². The minimum absolute atomic E-state index is 0.303. The van der Waals surface area contributed by atoms with Gasteiger partial charge in [0.05, 0.1) is 0 Å². The van der Waals surface area contributed by atoms with Gasteiger partial charge in [-0.05, 0) is 31.2 Å². The fourth-order valence-electron chi connectivity index (χ4n) is 2.38. The number of hydrogen-bond donors (Lipinski definition) is 0. The van der Waals surface area contributed by atoms with Gasteiger partial charge < -0.3 is 9.42 Å². The van der Waals surface area contributed by atoms with Crippen molar-refractivity contribution >= 4 is 11.0 Å². The van der Waals surface area contributed by atoms with Crippen molar-refractivity contribution in [2.24, 2.45) is 0 Å². The highest BCUT2D eigenvalue weighted by molar-refractivity contribution is 5.79. The lowest BCUT2D eigenvalue weighted by Crippen LogP contribution is -2.21. The van der Waals surface area contributed by atoms with Gasteiger partial charge in [-0.2, -0.15) is 0 Å². The molecule has 0 aliphatic carbocycles. The summed E-state index contributed by atoms with van der Waals surface area (Å²) in [6, 6.07) is 14.9. The Bertz CT molecular complexity index is 724. The van der Waals surface area contributed by atoms with Crippen LogP contribution in [0.4, 0.5) is 4.39 Å². The predicted octanol–water partition coefficient (Wildman–Crippen LogP) is 3.64. The quantitative estimate of drug-likeness (QED) is 0.716. The van der Waals surface area contributed by atoms with E-state index in [2.05, 4.69) is 34.3 Å². The summed E-state index contributed by atoms with van der Waals surface area (Å²) < 4.78 is 18.3. The van der Waals surface area contributed by atoms with E-state index in [4.69, 9.17) is 4.52 Å². The first-order chi connectivity index (χ1) is 10.2. The lowest BCUT2D eigenvalue weighted by atomic mass is 10.1. The molecule has 0 N–H and O–H groups in total. The fraction of sp³-hybridized carbons (Fsp3) is 0.235. The topological polar surface area (TPSA) is 29.3 Å². The molecule has 2 aromatic carbocycles. The Labute approximate surface area is 123 Å². The average molecular weight is 284 g/mol. The number of benzene rings is 2. The van der Waals surface area contributed by atoms with E-state index in [1.807, 2.05) is 13.1 Å². The van der Waals surface area contributed by atoms with Crippen LogP contribution in [0.1, 0.15) is 11.3 Å². The maximum absolute atomic E-state index is 13.1. The maximum Gasteiger partial charge on any atom is 0.170 e. The molecule has 4 heteroatoms. The zero-order chi connectivity index (χ0) is 14.7. The van der Waals surface area contributed by atoms with Crippen LogP contribution in [0.5, 0.6) is 0 Å². The number of fused-ring (bicyclic) bond motifs is 1. The molecule has 1 heterocycles. The minimum Gasteiger partial charge on any atom is -0.356 e. The zero-order valence-corrected chi connectivity index (χ0v) is 11.9. The molecular weight excluding hydrogens is 267 g/mol. The van der Waals surface area contributed by atoms with Gasteiger partial charge in [0.25, 0.3) is 0 Å². The van der Waals surface area contributed by atoms with E-state index < -0.39 is 0 Å². The molecule has 0 bridgehead atoms. The highest BCUT2D eigenvalue weighted by atomic mass is 19.1. The van der Waals surface area contributed by atoms with Crippen molar-refractivity contribution in [3.63, 3.8) is 0 Å². The summed E-state index contributed by atoms with van der Waals surface area (Å²) in [7, 11) is 2.05. The predicted molar refractivity (Wildman–Crippen MR) is 80.4 cm³/mol. The standard InChI is InChI=1S/C17H17FN2O/c1-20(10-9-13-5-3-2-4-6-13)12-16-15-8-7-14(18)11-17(15)21-19-16/h2-8,11H,9-10,12H2,1H3. The van der Waals surface area contributed by atoms with E-state index in [1.165, 1.54) is 17.7 Å². The van der Waals surface area contributed by atoms with Crippen LogP contribution in [0.3, 0.4) is 0 Å². The molecule has 108 valence electrons. The number of rotatable bonds is 5. The van der Waals surface area contributed by atoms with Crippen molar-refractivity contribution in [2.75, 3.05) is 13.6 Å². The molecular formula is C17H17FN2O. The summed E-state index contributed by atoms with van der Waals surface area (Å²) in [6.45, 7) is 1.62. The third-order valence-corrected chi connectivity index (χ3v) is 3.55. The Morgan fingerprint density at radius 1 is 1.14 bits per heavy atom. The second-order valence-corrected chi connectivity index (χ2v) is 5.24. The van der Waals surface area contributed by atoms with Crippen LogP contribution in [0.2, 0.25) is 0 Å². The normalized spacial score (nSPS) is 11.4. The molecule has 3 aromatic rings. The number of likely N-dealkylation sites (N-methyl/N-ethyl adjacent to an activating group) is 1. The Hall–Kier alpha value is -2.20. The van der Waals surface area contributed by atoms with Crippen molar-refractivity contribution in [2.45, 2.75) is 13.0 Å². The van der Waals surface area contributed by atoms with Gasteiger partial charge in [-0.15, -0.1) is 0 Å². The summed E-state index contributed by atoms with van der Waals surface area (Å²) in [6.07, 6.45) is 0.988. The van der Waals surface area contributed by atoms with E-state index in [0.29, 0.717) is 12.1 Å². The van der Waals surface area contributed by atoms with Gasteiger partial charge >= 0.3 is 0 Å². The second kappa shape index (κ2) is 6.06. The van der Waals surface area contributed by atoms with Gasteiger partial charge in [0, 0.05) is 24.5 Å². The molecule has 0 saturated carbocycles. The number of hydrogen-bond acceptors (Lipinski definition) is 3. The lowest BCUT2D eigenvalue weighted by molar-refractivity contribution is 0.317. The highest BCUT2D eigenvalue weighted by Gasteiger charge is 2.11. The van der Waals surface area contributed by atoms with E-state index in [-0.39, 0.29) is 5.82 Å². The maximum atomic E-state index is 13.1. The minimum atomic E-state index is -0.303. The molecule has 0 unspecified atom stereocenters. The highest BCUT2D eigenvalue weighted by Crippen LogP contribution is 2.20. The van der Waals surface area contributed by atoms with Crippen molar-refractivity contribution in [1.29, 1.82) is 0 Å². The molecule has 3 rings (SSSR count). The average Bonchev–Trinajstić information content (AvgIpc) is 2.88. The monoisotopic (exact) mass is 284 g/mol. The van der Waals surface area contributed by atoms with Crippen LogP contribution in [0.25, 0.3) is 11.0 Å². The van der Waals surface area contributed by atoms with Crippen molar-refractivity contribution in [3.05, 3.63) is 65.6 Å². The van der Waals surface area contributed by atoms with E-state index in [9.17, 15) is 4.39 Å². The van der Waals surface area contributed by atoms with Gasteiger partial charge in [-0.1, -0.05) is 35.5 Å². The van der Waals surface area contributed by atoms with E-state index >= 15 is 0 Å². The number of aromatic nitrogens is 1. The first kappa shape index (κ1) is 13.8. The van der Waals surface area contributed by atoms with Crippen LogP contribution in [-0.2, 0) is 13.0 Å². The molecule has 0 spiro atoms. The molecule has 1 aromatic heterocycles. The van der Waals surface area contributed by atoms with Gasteiger partial charge in [-0.25, -0.2) is 4.39 Å². The van der Waals surface area contributed by atoms with Crippen LogP contribution >= 0.6 is 0 Å². The first-order valence-electron chi connectivity index (χ1n) is 6.98. The fourth-order valence-corrected chi connectivity index (χ4v) is 2.38. The SMILES string of the molecule is CN(CCc1ccccc1)Cc1noc2cc(F)ccc12. The third-order valence-electron chi connectivity index (χ3n) is 3.55. The summed E-state index contributed by atoms with van der Waals surface area (Å²) in [5.74, 6) is -0.303. The van der Waals surface area contributed by atoms with Crippen molar-refractivity contribution in [3.8, 4) is 0 Å². The number of nitrogens with zero attached hydrogens (tertiary/aromatic N) is 2. The first-order valence-corrected chi connectivity index (χ1v) is 6.98. The van der Waals surface area contributed by atoms with Crippen LogP contribution in [-0.4, -0.2) is 23.6 Å². The Kier molecular flexibility index (Phi) is 3.97. The molecule has 3 nitrogen and oxygen atoms in total. The van der Waals surface area contributed by atoms with E-state index in [1.54, 1.807) is 6.07 Å². The summed E-state index contributed by atoms with van der Waals surface area (Å²) in [5.41, 5.74) is 2.67. The van der Waals surface area contributed by atoms with Crippen molar-refractivity contribution in [1.82, 2.24) is 10.1 Å². The zero-order valence-electron chi connectivity index (χ0n) is 11.9. The van der Waals surface area contributed by atoms with Gasteiger partial charge in [0.1, 0.15) is 11.5 Å². The molecule has 0 fully saturated rings. The molecule has 0 aliphatic heterocycles. The van der Waals surface area contributed by atoms with Gasteiger partial charge in [0.15, 0.2) is 5.58 Å². The summed E-state index contributed by atoms with van der Waals surface area (Å²) >= 11 is 0. The summed E-state index contributed by atoms with van der Waals surface area (Å²) in [5, 5.41) is 4.93. The van der Waals surface area contributed by atoms with Crippen LogP contribution in [0.15, 0.2) is 53.1 Å². The molecule has 0 atom stereocenters. The molecule has 0 amide bonds. The van der Waals surface area contributed by atoms with Gasteiger partial charge in [-0.3, -0.25) is 0 Å². The largest absolute Gasteiger partial charge is 0.356 e.